The molecule has 0 radical (unpaired) electrons. The van der Waals surface area contributed by atoms with E-state index < -0.39 is 0 Å². The number of rotatable bonds is 4. The van der Waals surface area contributed by atoms with E-state index in [2.05, 4.69) is 4.98 Å². The Bertz CT molecular complexity index is 401. The van der Waals surface area contributed by atoms with Crippen molar-refractivity contribution in [1.82, 2.24) is 4.98 Å². The minimum atomic E-state index is 0.426. The third-order valence-corrected chi connectivity index (χ3v) is 2.00. The fourth-order valence-corrected chi connectivity index (χ4v) is 1.34. The first kappa shape index (κ1) is 8.81. The molecule has 0 spiro atoms. The number of carbonyl (C=O) groups excluding carboxylic acids is 1. The van der Waals surface area contributed by atoms with Crippen molar-refractivity contribution in [2.24, 2.45) is 0 Å². The summed E-state index contributed by atoms with van der Waals surface area (Å²) in [6.07, 6.45) is 1.28. The highest BCUT2D eigenvalue weighted by atomic mass is 16.5. The van der Waals surface area contributed by atoms with E-state index in [0.717, 1.165) is 17.2 Å². The molecule has 0 atom stereocenters. The topological polar surface area (TPSA) is 42.1 Å². The summed E-state index contributed by atoms with van der Waals surface area (Å²) in [7, 11) is 0. The van der Waals surface area contributed by atoms with Gasteiger partial charge in [0, 0.05) is 23.4 Å². The zero-order chi connectivity index (χ0) is 9.80. The zero-order valence-electron chi connectivity index (χ0n) is 7.69. The number of ether oxygens (including phenoxy) is 1. The summed E-state index contributed by atoms with van der Waals surface area (Å²) in [6.45, 7) is 0.427. The summed E-state index contributed by atoms with van der Waals surface area (Å²) >= 11 is 0. The van der Waals surface area contributed by atoms with Crippen LogP contribution in [-0.2, 0) is 4.79 Å². The molecule has 1 N–H and O–H groups in total. The summed E-state index contributed by atoms with van der Waals surface area (Å²) in [5, 5.41) is 1.12. The zero-order valence-corrected chi connectivity index (χ0v) is 7.69. The number of benzene rings is 1. The van der Waals surface area contributed by atoms with Gasteiger partial charge in [0.2, 0.25) is 0 Å². The molecule has 1 heterocycles. The van der Waals surface area contributed by atoms with Gasteiger partial charge in [-0.15, -0.1) is 0 Å². The number of carbonyl (C=O) groups is 1. The first-order valence-corrected chi connectivity index (χ1v) is 4.54. The van der Waals surface area contributed by atoms with E-state index in [4.69, 9.17) is 4.74 Å². The van der Waals surface area contributed by atoms with Gasteiger partial charge in [-0.3, -0.25) is 0 Å². The van der Waals surface area contributed by atoms with Gasteiger partial charge >= 0.3 is 0 Å². The van der Waals surface area contributed by atoms with Crippen molar-refractivity contribution >= 4 is 17.2 Å². The number of aldehydes is 1. The summed E-state index contributed by atoms with van der Waals surface area (Å²) in [6, 6.07) is 9.87. The van der Waals surface area contributed by atoms with Crippen LogP contribution in [0.25, 0.3) is 10.9 Å². The van der Waals surface area contributed by atoms with E-state index in [1.165, 1.54) is 0 Å². The Hall–Kier alpha value is -1.77. The van der Waals surface area contributed by atoms with Gasteiger partial charge in [-0.25, -0.2) is 0 Å². The summed E-state index contributed by atoms with van der Waals surface area (Å²) in [5.41, 5.74) is 1.05. The molecule has 1 aromatic heterocycles. The molecule has 2 aromatic rings. The summed E-state index contributed by atoms with van der Waals surface area (Å²) < 4.78 is 5.34. The standard InChI is InChI=1S/C11H11NO2/c13-6-3-7-14-11-8-9-4-1-2-5-10(9)12-11/h1-2,4-6,8,12H,3,7H2. The molecule has 0 unspecified atom stereocenters. The van der Waals surface area contributed by atoms with E-state index in [-0.39, 0.29) is 0 Å². The lowest BCUT2D eigenvalue weighted by molar-refractivity contribution is -0.108. The van der Waals surface area contributed by atoms with E-state index in [0.29, 0.717) is 18.9 Å². The number of aromatic nitrogens is 1. The molecule has 1 aromatic carbocycles. The second-order valence-corrected chi connectivity index (χ2v) is 3.02. The average Bonchev–Trinajstić information content (AvgIpc) is 2.60. The lowest BCUT2D eigenvalue weighted by Gasteiger charge is -1.98. The Morgan fingerprint density at radius 2 is 2.21 bits per heavy atom. The van der Waals surface area contributed by atoms with Crippen molar-refractivity contribution in [3.05, 3.63) is 30.3 Å². The third-order valence-electron chi connectivity index (χ3n) is 2.00. The number of para-hydroxylation sites is 1. The number of hydrogen-bond donors (Lipinski definition) is 1. The maximum Gasteiger partial charge on any atom is 0.191 e. The van der Waals surface area contributed by atoms with Crippen molar-refractivity contribution in [3.63, 3.8) is 0 Å². The predicted octanol–water partition coefficient (Wildman–Crippen LogP) is 2.14. The first-order chi connectivity index (χ1) is 6.90. The van der Waals surface area contributed by atoms with Gasteiger partial charge in [-0.1, -0.05) is 18.2 Å². The molecule has 0 aliphatic rings. The van der Waals surface area contributed by atoms with Crippen LogP contribution >= 0.6 is 0 Å². The molecule has 3 heteroatoms. The molecule has 0 amide bonds. The molecule has 0 bridgehead atoms. The SMILES string of the molecule is O=CCCOc1cc2ccccc2[nH]1. The van der Waals surface area contributed by atoms with Gasteiger partial charge in [0.15, 0.2) is 5.88 Å². The molecule has 3 nitrogen and oxygen atoms in total. The first-order valence-electron chi connectivity index (χ1n) is 4.54. The van der Waals surface area contributed by atoms with Gasteiger partial charge in [0.1, 0.15) is 6.29 Å². The van der Waals surface area contributed by atoms with Crippen LogP contribution in [0.1, 0.15) is 6.42 Å². The Kier molecular flexibility index (Phi) is 2.49. The number of nitrogens with one attached hydrogen (secondary N) is 1. The van der Waals surface area contributed by atoms with E-state index >= 15 is 0 Å². The fourth-order valence-electron chi connectivity index (χ4n) is 1.34. The maximum atomic E-state index is 10.1. The van der Waals surface area contributed by atoms with Crippen LogP contribution in [0, 0.1) is 0 Å². The molecule has 14 heavy (non-hydrogen) atoms. The second kappa shape index (κ2) is 3.96. The maximum absolute atomic E-state index is 10.1. The molecular weight excluding hydrogens is 178 g/mol. The lowest BCUT2D eigenvalue weighted by Crippen LogP contribution is -1.97. The Morgan fingerprint density at radius 3 is 3.00 bits per heavy atom. The normalized spacial score (nSPS) is 10.3. The summed E-state index contributed by atoms with van der Waals surface area (Å²) in [4.78, 5) is 13.2. The highest BCUT2D eigenvalue weighted by molar-refractivity contribution is 5.81. The van der Waals surface area contributed by atoms with Crippen molar-refractivity contribution in [2.45, 2.75) is 6.42 Å². The Balaban J connectivity index is 2.14. The molecule has 0 aliphatic carbocycles. The smallest absolute Gasteiger partial charge is 0.191 e. The molecule has 2 rings (SSSR count). The van der Waals surface area contributed by atoms with Crippen LogP contribution in [0.3, 0.4) is 0 Å². The van der Waals surface area contributed by atoms with E-state index in [1.807, 2.05) is 30.3 Å². The van der Waals surface area contributed by atoms with Crippen molar-refractivity contribution in [3.8, 4) is 5.88 Å². The van der Waals surface area contributed by atoms with Gasteiger partial charge in [-0.05, 0) is 6.07 Å². The molecule has 72 valence electrons. The number of H-pyrrole nitrogens is 1. The summed E-state index contributed by atoms with van der Waals surface area (Å²) in [5.74, 6) is 0.716. The Labute approximate surface area is 81.7 Å². The van der Waals surface area contributed by atoms with Crippen LogP contribution in [-0.4, -0.2) is 17.9 Å². The van der Waals surface area contributed by atoms with E-state index in [9.17, 15) is 4.79 Å². The van der Waals surface area contributed by atoms with Crippen LogP contribution in [0.2, 0.25) is 0 Å². The molecule has 0 saturated heterocycles. The van der Waals surface area contributed by atoms with Crippen LogP contribution < -0.4 is 4.74 Å². The number of fused-ring (bicyclic) bond motifs is 1. The fraction of sp³-hybridized carbons (Fsp3) is 0.182. The molecular formula is C11H11NO2. The third kappa shape index (κ3) is 1.76. The molecule has 0 saturated carbocycles. The highest BCUT2D eigenvalue weighted by Crippen LogP contribution is 2.19. The predicted molar refractivity (Wildman–Crippen MR) is 54.5 cm³/mol. The van der Waals surface area contributed by atoms with Crippen LogP contribution in [0.4, 0.5) is 0 Å². The second-order valence-electron chi connectivity index (χ2n) is 3.02. The van der Waals surface area contributed by atoms with Gasteiger partial charge in [0.25, 0.3) is 0 Å². The minimum absolute atomic E-state index is 0.426. The van der Waals surface area contributed by atoms with Crippen molar-refractivity contribution in [2.75, 3.05) is 6.61 Å². The molecule has 0 fully saturated rings. The van der Waals surface area contributed by atoms with Gasteiger partial charge in [-0.2, -0.15) is 0 Å². The quantitative estimate of drug-likeness (QED) is 0.591. The van der Waals surface area contributed by atoms with Crippen LogP contribution in [0.15, 0.2) is 30.3 Å². The minimum Gasteiger partial charge on any atom is -0.478 e. The lowest BCUT2D eigenvalue weighted by atomic mass is 10.3. The largest absolute Gasteiger partial charge is 0.478 e. The average molecular weight is 189 g/mol. The number of hydrogen-bond acceptors (Lipinski definition) is 2. The number of aromatic amines is 1. The highest BCUT2D eigenvalue weighted by Gasteiger charge is 1.99. The molecule has 0 aliphatic heterocycles. The van der Waals surface area contributed by atoms with Gasteiger partial charge < -0.3 is 14.5 Å². The van der Waals surface area contributed by atoms with Gasteiger partial charge in [0.05, 0.1) is 6.61 Å². The van der Waals surface area contributed by atoms with Crippen LogP contribution in [0.5, 0.6) is 5.88 Å². The monoisotopic (exact) mass is 189 g/mol. The van der Waals surface area contributed by atoms with Crippen molar-refractivity contribution < 1.29 is 9.53 Å². The van der Waals surface area contributed by atoms with E-state index in [1.54, 1.807) is 0 Å². The van der Waals surface area contributed by atoms with Crippen molar-refractivity contribution in [1.29, 1.82) is 0 Å². The Morgan fingerprint density at radius 1 is 1.36 bits per heavy atom.